The largest absolute Gasteiger partial charge is 0.463 e. The first-order valence-corrected chi connectivity index (χ1v) is 33.1. The smallest absolute Gasteiger partial charge is 0.397 e. The molecule has 31 heteroatoms. The molecule has 1 spiro atoms. The Morgan fingerprint density at radius 1 is 0.707 bits per heavy atom. The molecule has 6 saturated heterocycles. The molecule has 31 atom stereocenters. The Labute approximate surface area is 533 Å². The second kappa shape index (κ2) is 27.1. The summed E-state index contributed by atoms with van der Waals surface area (Å²) in [7, 11) is -4.12. The van der Waals surface area contributed by atoms with E-state index in [-0.39, 0.29) is 30.0 Å². The van der Waals surface area contributed by atoms with E-state index in [0.29, 0.717) is 38.5 Å². The zero-order valence-electron chi connectivity index (χ0n) is 53.1. The highest BCUT2D eigenvalue weighted by atomic mass is 32.3. The zero-order valence-corrected chi connectivity index (χ0v) is 54.0. The predicted octanol–water partition coefficient (Wildman–Crippen LogP) is -1.35. The van der Waals surface area contributed by atoms with E-state index in [1.54, 1.807) is 0 Å². The first-order chi connectivity index (χ1) is 43.1. The quantitative estimate of drug-likeness (QED) is 0.0381. The van der Waals surface area contributed by atoms with Crippen LogP contribution in [-0.4, -0.2) is 268 Å². The minimum absolute atomic E-state index is 0.0313. The highest BCUT2D eigenvalue weighted by molar-refractivity contribution is 7.80. The van der Waals surface area contributed by atoms with Crippen LogP contribution in [0.2, 0.25) is 0 Å². The fraction of sp³-hybridized carbons (Fsp3) is 0.885. The van der Waals surface area contributed by atoms with Gasteiger partial charge in [0.25, 0.3) is 0 Å². The Balaban J connectivity index is 0.905. The molecule has 0 aromatic heterocycles. The second-order valence-electron chi connectivity index (χ2n) is 28.3. The maximum absolute atomic E-state index is 14.5. The van der Waals surface area contributed by atoms with Gasteiger partial charge in [0.15, 0.2) is 31.5 Å². The summed E-state index contributed by atoms with van der Waals surface area (Å²) in [6.45, 7) is 16.0. The number of hydrogen-bond acceptors (Lipinski definition) is 29. The fourth-order valence-corrected chi connectivity index (χ4v) is 17.9. The van der Waals surface area contributed by atoms with E-state index in [1.807, 2.05) is 27.7 Å². The number of allylic oxidation sites excluding steroid dienone is 3. The number of fused-ring (bicyclic) bond motifs is 4. The van der Waals surface area contributed by atoms with Crippen LogP contribution in [0.5, 0.6) is 0 Å². The second-order valence-corrected chi connectivity index (χ2v) is 29.3. The summed E-state index contributed by atoms with van der Waals surface area (Å²) in [5, 5.41) is 113. The Kier molecular flexibility index (Phi) is 21.2. The van der Waals surface area contributed by atoms with Crippen LogP contribution >= 0.6 is 0 Å². The molecule has 0 aromatic carbocycles. The van der Waals surface area contributed by atoms with E-state index in [4.69, 9.17) is 65.8 Å². The molecular weight excluding hydrogens is 1240 g/mol. The van der Waals surface area contributed by atoms with Crippen LogP contribution in [0.3, 0.4) is 0 Å². The SMILES string of the molecule is C=C(C)CCC[C@]1(C)OC(=O)[C@]23CCC4C(=CCC5C(C)(C)[C@@H](O[C@@H]6OC[C@@H](OS(=O)(=O)O)[C@H](O)[C@H]6O[C@@H]6O[C@H](C)[C@@H](O[C@@H]7O[C@H](CO)[C@@H](O)[C@H](O[C@@H]8O[C@H](COC(C)=O)[C@@H](O)[C@H](OC)[C@H]8O)[C@H]7O)[C@H](O)[C@H]6O[C@@H]6OC[C@@H](O)[C@H](O)[C@H]6O)CC[C@]45C)[C@]2(C)CC(=O)[C@@H]31. The normalized spacial score (nSPS) is 49.3. The van der Waals surface area contributed by atoms with Gasteiger partial charge in [0.05, 0.1) is 43.4 Å². The Morgan fingerprint density at radius 2 is 1.33 bits per heavy atom. The standard InChI is InChI=1S/C61H94O30S/c1-25(2)12-11-17-60(9)50-30(64)20-59(8)29-13-14-35-57(5,6)36(16-18-58(35,7)28(29)15-19-61(50,59)56(74)90-60)85-54-48(40(69)34(24-81-54)91-92(75,76)77)89-55-49(88-51-41(70)37(66)31(65)22-80-51)42(71)45(26(3)82-55)86-53-44(73)47(38(67)32(21-62)83-53)87-52-43(72)46(78-10)39(68)33(84-52)23-79-27(4)63/h13,26,28,31-55,62,65-73H,1,11-12,14-24H2,2-10H3,(H,75,76,77)/t26-,28?,31-,32-,33-,34-,35?,36+,37+,38-,39-,40+,41-,42+,43-,44-,45-,46+,47+,48-,49-,50-,51+,52+,53+,54+,55+,58-,59+,60+,61-/m1/s1. The summed E-state index contributed by atoms with van der Waals surface area (Å²) < 4.78 is 117. The minimum Gasteiger partial charge on any atom is -0.463 e. The molecule has 2 unspecified atom stereocenters. The van der Waals surface area contributed by atoms with Crippen LogP contribution in [0.15, 0.2) is 23.8 Å². The maximum Gasteiger partial charge on any atom is 0.397 e. The third kappa shape index (κ3) is 12.9. The lowest BCUT2D eigenvalue weighted by Gasteiger charge is -2.63. The number of rotatable bonds is 20. The number of carbonyl (C=O) groups is 3. The summed E-state index contributed by atoms with van der Waals surface area (Å²) in [5.41, 5.74) is -1.78. The molecule has 0 bridgehead atoms. The van der Waals surface area contributed by atoms with Gasteiger partial charge in [0.2, 0.25) is 0 Å². The van der Waals surface area contributed by atoms with Gasteiger partial charge in [0, 0.05) is 25.9 Å². The van der Waals surface area contributed by atoms with Crippen molar-refractivity contribution < 1.29 is 144 Å². The van der Waals surface area contributed by atoms with Crippen molar-refractivity contribution in [3.8, 4) is 0 Å². The fourth-order valence-electron chi connectivity index (χ4n) is 17.4. The molecule has 3 saturated carbocycles. The van der Waals surface area contributed by atoms with E-state index in [2.05, 4.69) is 26.5 Å². The van der Waals surface area contributed by atoms with Gasteiger partial charge < -0.3 is 113 Å². The van der Waals surface area contributed by atoms with Crippen LogP contribution < -0.4 is 0 Å². The number of carbonyl (C=O) groups excluding carboxylic acids is 3. The van der Waals surface area contributed by atoms with Crippen molar-refractivity contribution >= 4 is 28.1 Å². The Hall–Kier alpha value is -2.88. The number of ketones is 1. The zero-order chi connectivity index (χ0) is 67.3. The van der Waals surface area contributed by atoms with Crippen molar-refractivity contribution in [3.05, 3.63) is 23.8 Å². The molecule has 0 radical (unpaired) electrons. The molecule has 524 valence electrons. The third-order valence-electron chi connectivity index (χ3n) is 22.1. The van der Waals surface area contributed by atoms with Gasteiger partial charge in [-0.05, 0) is 94.8 Å². The molecule has 6 heterocycles. The topological polar surface area (TPSA) is 437 Å². The molecule has 10 aliphatic rings. The summed E-state index contributed by atoms with van der Waals surface area (Å²) in [4.78, 5) is 40.6. The monoisotopic (exact) mass is 1340 g/mol. The molecule has 11 N–H and O–H groups in total. The molecule has 92 heavy (non-hydrogen) atoms. The van der Waals surface area contributed by atoms with Crippen LogP contribution in [0.25, 0.3) is 0 Å². The van der Waals surface area contributed by atoms with Crippen molar-refractivity contribution in [2.75, 3.05) is 33.5 Å². The third-order valence-corrected chi connectivity index (χ3v) is 22.6. The average Bonchev–Trinajstić information content (AvgIpc) is 1.46. The van der Waals surface area contributed by atoms with Crippen molar-refractivity contribution in [2.45, 2.75) is 266 Å². The summed E-state index contributed by atoms with van der Waals surface area (Å²) in [6.07, 6.45) is -34.9. The number of ether oxygens (including phenoxy) is 13. The number of methoxy groups -OCH3 is 1. The van der Waals surface area contributed by atoms with Gasteiger partial charge in [-0.2, -0.15) is 8.42 Å². The van der Waals surface area contributed by atoms with E-state index >= 15 is 0 Å². The van der Waals surface area contributed by atoms with E-state index in [1.165, 1.54) is 6.92 Å². The number of Topliss-reactive ketones (excluding diaryl/α,β-unsaturated/α-hetero) is 1. The lowest BCUT2D eigenvalue weighted by Crippen LogP contribution is -2.68. The van der Waals surface area contributed by atoms with Crippen LogP contribution in [0.4, 0.5) is 0 Å². The average molecular weight is 1340 g/mol. The van der Waals surface area contributed by atoms with Gasteiger partial charge in [-0.15, -0.1) is 6.58 Å². The minimum atomic E-state index is -5.28. The number of esters is 2. The summed E-state index contributed by atoms with van der Waals surface area (Å²) in [6, 6.07) is 0. The molecule has 9 fully saturated rings. The number of aliphatic hydroxyl groups excluding tert-OH is 10. The van der Waals surface area contributed by atoms with Crippen LogP contribution in [0, 0.1) is 39.4 Å². The predicted molar refractivity (Wildman–Crippen MR) is 307 cm³/mol. The van der Waals surface area contributed by atoms with E-state index < -0.39 is 223 Å². The number of aliphatic hydroxyl groups is 10. The first kappa shape index (κ1) is 71.9. The molecule has 30 nitrogen and oxygen atoms in total. The molecule has 4 aliphatic carbocycles. The van der Waals surface area contributed by atoms with Crippen molar-refractivity contribution in [1.82, 2.24) is 0 Å². The van der Waals surface area contributed by atoms with Crippen molar-refractivity contribution in [1.29, 1.82) is 0 Å². The van der Waals surface area contributed by atoms with Gasteiger partial charge in [-0.3, -0.25) is 18.9 Å². The molecular formula is C61H94O30S. The van der Waals surface area contributed by atoms with E-state index in [0.717, 1.165) is 38.0 Å². The highest BCUT2D eigenvalue weighted by Gasteiger charge is 2.79. The first-order valence-electron chi connectivity index (χ1n) is 31.7. The van der Waals surface area contributed by atoms with E-state index in [9.17, 15) is 78.4 Å². The molecule has 0 amide bonds. The van der Waals surface area contributed by atoms with Crippen LogP contribution in [-0.2, 0) is 90.5 Å². The van der Waals surface area contributed by atoms with Gasteiger partial charge in [-0.25, -0.2) is 4.18 Å². The lowest BCUT2D eigenvalue weighted by molar-refractivity contribution is -0.403. The molecule has 10 rings (SSSR count). The lowest BCUT2D eigenvalue weighted by atomic mass is 9.41. The maximum atomic E-state index is 14.5. The van der Waals surface area contributed by atoms with Crippen LogP contribution in [0.1, 0.15) is 113 Å². The number of cyclic esters (lactones) is 1. The van der Waals surface area contributed by atoms with Gasteiger partial charge >= 0.3 is 22.3 Å². The number of hydrogen-bond donors (Lipinski definition) is 11. The van der Waals surface area contributed by atoms with Gasteiger partial charge in [0.1, 0.15) is 122 Å². The van der Waals surface area contributed by atoms with Gasteiger partial charge in [-0.1, -0.05) is 44.9 Å². The Morgan fingerprint density at radius 3 is 1.98 bits per heavy atom. The summed E-state index contributed by atoms with van der Waals surface area (Å²) in [5.74, 6) is -1.74. The Bertz CT molecular complexity index is 2830. The molecule has 6 aliphatic heterocycles. The van der Waals surface area contributed by atoms with Crippen molar-refractivity contribution in [2.24, 2.45) is 39.4 Å². The molecule has 0 aromatic rings. The summed E-state index contributed by atoms with van der Waals surface area (Å²) >= 11 is 0. The highest BCUT2D eigenvalue weighted by Crippen LogP contribution is 2.75. The van der Waals surface area contributed by atoms with Crippen molar-refractivity contribution in [3.63, 3.8) is 0 Å².